The van der Waals surface area contributed by atoms with Gasteiger partial charge in [0.25, 0.3) is 0 Å². The average Bonchev–Trinajstić information content (AvgIpc) is 3.02. The Bertz CT molecular complexity index is 845. The van der Waals surface area contributed by atoms with E-state index in [1.165, 1.54) is 5.56 Å². The maximum Gasteiger partial charge on any atom is 0.407 e. The van der Waals surface area contributed by atoms with Gasteiger partial charge in [-0.3, -0.25) is 0 Å². The van der Waals surface area contributed by atoms with Crippen molar-refractivity contribution in [3.05, 3.63) is 64.7 Å². The molecule has 28 heavy (non-hydrogen) atoms. The van der Waals surface area contributed by atoms with E-state index in [-0.39, 0.29) is 24.2 Å². The number of hydrogen-bond acceptors (Lipinski definition) is 4. The van der Waals surface area contributed by atoms with Crippen molar-refractivity contribution in [1.82, 2.24) is 10.6 Å². The van der Waals surface area contributed by atoms with Gasteiger partial charge in [-0.2, -0.15) is 0 Å². The molecule has 5 nitrogen and oxygen atoms in total. The van der Waals surface area contributed by atoms with Gasteiger partial charge in [-0.25, -0.2) is 4.79 Å². The normalized spacial score (nSPS) is 25.4. The number of ether oxygens (including phenoxy) is 1. The van der Waals surface area contributed by atoms with E-state index in [0.717, 1.165) is 35.8 Å². The molecule has 2 aliphatic rings. The number of halogens is 1. The van der Waals surface area contributed by atoms with Crippen LogP contribution in [0, 0.1) is 5.92 Å². The maximum atomic E-state index is 12.1. The zero-order valence-electron chi connectivity index (χ0n) is 16.0. The van der Waals surface area contributed by atoms with Crippen molar-refractivity contribution >= 4 is 23.4 Å². The number of benzene rings is 2. The molecule has 1 unspecified atom stereocenters. The molecule has 2 aromatic carbocycles. The van der Waals surface area contributed by atoms with Gasteiger partial charge in [0.1, 0.15) is 6.61 Å². The van der Waals surface area contributed by atoms with Crippen LogP contribution in [0.3, 0.4) is 0 Å². The number of hydrogen-bond donors (Lipinski definition) is 3. The van der Waals surface area contributed by atoms with Gasteiger partial charge in [-0.1, -0.05) is 48.9 Å². The van der Waals surface area contributed by atoms with Crippen LogP contribution in [0.1, 0.15) is 24.5 Å². The lowest BCUT2D eigenvalue weighted by Crippen LogP contribution is -2.57. The Morgan fingerprint density at radius 3 is 2.89 bits per heavy atom. The van der Waals surface area contributed by atoms with Crippen LogP contribution in [-0.4, -0.2) is 31.8 Å². The van der Waals surface area contributed by atoms with E-state index in [4.69, 9.17) is 16.3 Å². The van der Waals surface area contributed by atoms with Crippen LogP contribution >= 0.6 is 11.6 Å². The fourth-order valence-electron chi connectivity index (χ4n) is 4.70. The second-order valence-electron chi connectivity index (χ2n) is 7.72. The van der Waals surface area contributed by atoms with Gasteiger partial charge >= 0.3 is 6.09 Å². The summed E-state index contributed by atoms with van der Waals surface area (Å²) < 4.78 is 5.34. The molecule has 2 heterocycles. The van der Waals surface area contributed by atoms with Crippen molar-refractivity contribution in [1.29, 1.82) is 0 Å². The van der Waals surface area contributed by atoms with Crippen LogP contribution in [0.5, 0.6) is 0 Å². The smallest absolute Gasteiger partial charge is 0.407 e. The Labute approximate surface area is 170 Å². The van der Waals surface area contributed by atoms with Gasteiger partial charge in [0.2, 0.25) is 0 Å². The molecule has 1 amide bonds. The molecule has 2 aromatic rings. The summed E-state index contributed by atoms with van der Waals surface area (Å²) >= 11 is 6.32. The van der Waals surface area contributed by atoms with Crippen molar-refractivity contribution < 1.29 is 9.53 Å². The van der Waals surface area contributed by atoms with E-state index < -0.39 is 0 Å². The molecule has 0 aromatic heterocycles. The summed E-state index contributed by atoms with van der Waals surface area (Å²) in [6.45, 7) is 4.95. The lowest BCUT2D eigenvalue weighted by molar-refractivity contribution is 0.135. The lowest BCUT2D eigenvalue weighted by atomic mass is 9.64. The molecule has 4 rings (SSSR count). The summed E-state index contributed by atoms with van der Waals surface area (Å²) in [7, 11) is 0. The SMILES string of the molecule is CC1CNC[C@@H]2Nc3ccc(Cl)cc3[C@]12CCNC(=O)OCc1ccccc1. The molecule has 1 saturated heterocycles. The highest BCUT2D eigenvalue weighted by atomic mass is 35.5. The molecule has 0 spiro atoms. The van der Waals surface area contributed by atoms with Crippen LogP contribution in [0.15, 0.2) is 48.5 Å². The molecule has 148 valence electrons. The number of fused-ring (bicyclic) bond motifs is 3. The summed E-state index contributed by atoms with van der Waals surface area (Å²) in [4.78, 5) is 12.1. The predicted molar refractivity (Wildman–Crippen MR) is 112 cm³/mol. The van der Waals surface area contributed by atoms with Crippen LogP contribution < -0.4 is 16.0 Å². The highest BCUT2D eigenvalue weighted by molar-refractivity contribution is 6.30. The molecular weight excluding hydrogens is 374 g/mol. The Morgan fingerprint density at radius 2 is 2.07 bits per heavy atom. The summed E-state index contributed by atoms with van der Waals surface area (Å²) in [6.07, 6.45) is 0.456. The zero-order valence-corrected chi connectivity index (χ0v) is 16.8. The van der Waals surface area contributed by atoms with Gasteiger partial charge in [0, 0.05) is 35.3 Å². The predicted octanol–water partition coefficient (Wildman–Crippen LogP) is 3.93. The Hall–Kier alpha value is -2.24. The molecule has 6 heteroatoms. The first kappa shape index (κ1) is 19.1. The molecule has 0 radical (unpaired) electrons. The van der Waals surface area contributed by atoms with Crippen molar-refractivity contribution in [3.63, 3.8) is 0 Å². The van der Waals surface area contributed by atoms with Crippen LogP contribution in [-0.2, 0) is 16.8 Å². The van der Waals surface area contributed by atoms with E-state index >= 15 is 0 Å². The van der Waals surface area contributed by atoms with E-state index in [9.17, 15) is 4.79 Å². The minimum Gasteiger partial charge on any atom is -0.445 e. The second kappa shape index (κ2) is 8.02. The molecule has 3 atom stereocenters. The first-order chi connectivity index (χ1) is 13.6. The molecular formula is C22H26ClN3O2. The molecule has 0 bridgehead atoms. The first-order valence-electron chi connectivity index (χ1n) is 9.81. The van der Waals surface area contributed by atoms with Crippen molar-refractivity contribution in [2.45, 2.75) is 31.4 Å². The van der Waals surface area contributed by atoms with Crippen LogP contribution in [0.2, 0.25) is 5.02 Å². The summed E-state index contributed by atoms with van der Waals surface area (Å²) in [6, 6.07) is 16.1. The third-order valence-electron chi connectivity index (χ3n) is 6.13. The topological polar surface area (TPSA) is 62.4 Å². The number of nitrogens with one attached hydrogen (secondary N) is 3. The van der Waals surface area contributed by atoms with E-state index in [1.807, 2.05) is 36.4 Å². The van der Waals surface area contributed by atoms with Crippen LogP contribution in [0.25, 0.3) is 0 Å². The highest BCUT2D eigenvalue weighted by Crippen LogP contribution is 2.50. The number of piperidine rings is 1. The first-order valence-corrected chi connectivity index (χ1v) is 10.2. The second-order valence-corrected chi connectivity index (χ2v) is 8.16. The highest BCUT2D eigenvalue weighted by Gasteiger charge is 2.51. The maximum absolute atomic E-state index is 12.1. The summed E-state index contributed by atoms with van der Waals surface area (Å²) in [5.74, 6) is 0.417. The Morgan fingerprint density at radius 1 is 1.25 bits per heavy atom. The molecule has 2 aliphatic heterocycles. The Balaban J connectivity index is 1.42. The largest absolute Gasteiger partial charge is 0.445 e. The minimum absolute atomic E-state index is 0.0573. The average molecular weight is 400 g/mol. The number of alkyl carbamates (subject to hydrolysis) is 1. The standard InChI is InChI=1S/C22H26ClN3O2/c1-15-12-24-13-20-22(15,18-11-17(23)7-8-19(18)26-20)9-10-25-21(27)28-14-16-5-3-2-4-6-16/h2-8,11,15,20,24,26H,9-10,12-14H2,1H3,(H,25,27)/t15?,20-,22-/m0/s1. The van der Waals surface area contributed by atoms with Gasteiger partial charge in [0.05, 0.1) is 0 Å². The monoisotopic (exact) mass is 399 g/mol. The third-order valence-corrected chi connectivity index (χ3v) is 6.37. The fourth-order valence-corrected chi connectivity index (χ4v) is 4.87. The zero-order chi connectivity index (χ0) is 19.6. The number of amides is 1. The third kappa shape index (κ3) is 3.56. The molecule has 0 aliphatic carbocycles. The van der Waals surface area contributed by atoms with Gasteiger partial charge in [-0.15, -0.1) is 0 Å². The summed E-state index contributed by atoms with van der Waals surface area (Å²) in [5.41, 5.74) is 3.33. The Kier molecular flexibility index (Phi) is 5.47. The van der Waals surface area contributed by atoms with Crippen LogP contribution in [0.4, 0.5) is 10.5 Å². The van der Waals surface area contributed by atoms with Gasteiger partial charge < -0.3 is 20.7 Å². The molecule has 1 fully saturated rings. The van der Waals surface area contributed by atoms with Gasteiger partial charge in [0.15, 0.2) is 0 Å². The number of carbonyl (C=O) groups is 1. The number of carbonyl (C=O) groups excluding carboxylic acids is 1. The lowest BCUT2D eigenvalue weighted by Gasteiger charge is -2.45. The van der Waals surface area contributed by atoms with E-state index in [0.29, 0.717) is 12.5 Å². The van der Waals surface area contributed by atoms with Gasteiger partial charge in [-0.05, 0) is 48.2 Å². The molecule has 3 N–H and O–H groups in total. The van der Waals surface area contributed by atoms with E-state index in [2.05, 4.69) is 35.0 Å². The van der Waals surface area contributed by atoms with E-state index in [1.54, 1.807) is 0 Å². The summed E-state index contributed by atoms with van der Waals surface area (Å²) in [5, 5.41) is 10.8. The number of rotatable bonds is 5. The number of anilines is 1. The van der Waals surface area contributed by atoms with Crippen molar-refractivity contribution in [3.8, 4) is 0 Å². The minimum atomic E-state index is -0.379. The van der Waals surface area contributed by atoms with Crippen molar-refractivity contribution in [2.75, 3.05) is 25.0 Å². The fraction of sp³-hybridized carbons (Fsp3) is 0.409. The van der Waals surface area contributed by atoms with Crippen molar-refractivity contribution in [2.24, 2.45) is 5.92 Å². The quantitative estimate of drug-likeness (QED) is 0.712. The molecule has 0 saturated carbocycles.